The summed E-state index contributed by atoms with van der Waals surface area (Å²) in [5.41, 5.74) is 1.26. The molecule has 20 heavy (non-hydrogen) atoms. The predicted octanol–water partition coefficient (Wildman–Crippen LogP) is 3.61. The van der Waals surface area contributed by atoms with E-state index < -0.39 is 0 Å². The molecule has 0 aliphatic carbocycles. The summed E-state index contributed by atoms with van der Waals surface area (Å²) in [6, 6.07) is 2.19. The number of hydrogen-bond donors (Lipinski definition) is 1. The number of halogens is 1. The van der Waals surface area contributed by atoms with E-state index in [0.29, 0.717) is 0 Å². The van der Waals surface area contributed by atoms with E-state index in [-0.39, 0.29) is 0 Å². The summed E-state index contributed by atoms with van der Waals surface area (Å²) in [6.07, 6.45) is 4.52. The standard InChI is InChI=1S/C16H26BrN3/c1-12(2)8-18-9-14-5-4-6-20(11-14)16-7-13(3)15(17)10-19-16/h7,10,12,14,18H,4-6,8-9,11H2,1-3H3. The van der Waals surface area contributed by atoms with Gasteiger partial charge in [0.25, 0.3) is 0 Å². The van der Waals surface area contributed by atoms with E-state index in [1.54, 1.807) is 0 Å². The topological polar surface area (TPSA) is 28.2 Å². The number of aryl methyl sites for hydroxylation is 1. The number of aromatic nitrogens is 1. The molecular weight excluding hydrogens is 314 g/mol. The number of rotatable bonds is 5. The van der Waals surface area contributed by atoms with Gasteiger partial charge in [-0.25, -0.2) is 4.98 Å². The van der Waals surface area contributed by atoms with Crippen LogP contribution in [0.3, 0.4) is 0 Å². The third kappa shape index (κ3) is 4.45. The molecule has 1 fully saturated rings. The van der Waals surface area contributed by atoms with Gasteiger partial charge in [-0.05, 0) is 72.3 Å². The van der Waals surface area contributed by atoms with Gasteiger partial charge in [0.1, 0.15) is 5.82 Å². The number of nitrogens with one attached hydrogen (secondary N) is 1. The molecule has 2 rings (SSSR count). The summed E-state index contributed by atoms with van der Waals surface area (Å²) < 4.78 is 1.09. The second kappa shape index (κ2) is 7.41. The van der Waals surface area contributed by atoms with Crippen molar-refractivity contribution in [1.82, 2.24) is 10.3 Å². The Bertz CT molecular complexity index is 434. The van der Waals surface area contributed by atoms with E-state index >= 15 is 0 Å². The number of pyridine rings is 1. The zero-order chi connectivity index (χ0) is 14.5. The van der Waals surface area contributed by atoms with Crippen molar-refractivity contribution >= 4 is 21.7 Å². The van der Waals surface area contributed by atoms with Gasteiger partial charge in [-0.2, -0.15) is 0 Å². The monoisotopic (exact) mass is 339 g/mol. The summed E-state index contributed by atoms with van der Waals surface area (Å²) >= 11 is 3.52. The lowest BCUT2D eigenvalue weighted by Crippen LogP contribution is -2.40. The number of piperidine rings is 1. The van der Waals surface area contributed by atoms with Crippen LogP contribution in [0.25, 0.3) is 0 Å². The lowest BCUT2D eigenvalue weighted by atomic mass is 9.97. The van der Waals surface area contributed by atoms with Crippen LogP contribution in [-0.2, 0) is 0 Å². The van der Waals surface area contributed by atoms with Crippen molar-refractivity contribution in [3.63, 3.8) is 0 Å². The Labute approximate surface area is 131 Å². The number of nitrogens with zero attached hydrogens (tertiary/aromatic N) is 2. The molecule has 112 valence electrons. The van der Waals surface area contributed by atoms with Gasteiger partial charge in [0, 0.05) is 23.8 Å². The molecule has 1 aliphatic rings. The van der Waals surface area contributed by atoms with Crippen molar-refractivity contribution < 1.29 is 0 Å². The first-order chi connectivity index (χ1) is 9.56. The van der Waals surface area contributed by atoms with Gasteiger partial charge in [-0.1, -0.05) is 13.8 Å². The summed E-state index contributed by atoms with van der Waals surface area (Å²) in [5, 5.41) is 3.59. The molecular formula is C16H26BrN3. The van der Waals surface area contributed by atoms with Crippen molar-refractivity contribution in [2.24, 2.45) is 11.8 Å². The van der Waals surface area contributed by atoms with E-state index in [2.05, 4.69) is 58.0 Å². The maximum absolute atomic E-state index is 4.56. The maximum Gasteiger partial charge on any atom is 0.128 e. The summed E-state index contributed by atoms with van der Waals surface area (Å²) in [4.78, 5) is 7.00. The first-order valence-electron chi connectivity index (χ1n) is 7.64. The average molecular weight is 340 g/mol. The molecule has 3 nitrogen and oxygen atoms in total. The van der Waals surface area contributed by atoms with Crippen LogP contribution in [0, 0.1) is 18.8 Å². The van der Waals surface area contributed by atoms with Gasteiger partial charge in [-0.3, -0.25) is 0 Å². The minimum absolute atomic E-state index is 0.727. The van der Waals surface area contributed by atoms with Crippen LogP contribution in [-0.4, -0.2) is 31.2 Å². The molecule has 0 saturated carbocycles. The quantitative estimate of drug-likeness (QED) is 0.887. The van der Waals surface area contributed by atoms with Gasteiger partial charge in [0.05, 0.1) is 0 Å². The van der Waals surface area contributed by atoms with Crippen molar-refractivity contribution in [3.05, 3.63) is 22.3 Å². The largest absolute Gasteiger partial charge is 0.356 e. The Balaban J connectivity index is 1.90. The lowest BCUT2D eigenvalue weighted by molar-refractivity contribution is 0.381. The van der Waals surface area contributed by atoms with Crippen LogP contribution >= 0.6 is 15.9 Å². The molecule has 1 unspecified atom stereocenters. The van der Waals surface area contributed by atoms with Crippen LogP contribution < -0.4 is 10.2 Å². The molecule has 1 N–H and O–H groups in total. The minimum Gasteiger partial charge on any atom is -0.356 e. The highest BCUT2D eigenvalue weighted by molar-refractivity contribution is 9.10. The highest BCUT2D eigenvalue weighted by Crippen LogP contribution is 2.24. The lowest BCUT2D eigenvalue weighted by Gasteiger charge is -2.34. The molecule has 0 radical (unpaired) electrons. The molecule has 1 aromatic heterocycles. The molecule has 1 aliphatic heterocycles. The van der Waals surface area contributed by atoms with Gasteiger partial charge in [0.2, 0.25) is 0 Å². The smallest absolute Gasteiger partial charge is 0.128 e. The van der Waals surface area contributed by atoms with Crippen LogP contribution in [0.4, 0.5) is 5.82 Å². The van der Waals surface area contributed by atoms with E-state index in [1.165, 1.54) is 18.4 Å². The SMILES string of the molecule is Cc1cc(N2CCCC(CNCC(C)C)C2)ncc1Br. The van der Waals surface area contributed by atoms with Crippen molar-refractivity contribution in [1.29, 1.82) is 0 Å². The third-order valence-corrected chi connectivity index (χ3v) is 4.69. The minimum atomic E-state index is 0.727. The Morgan fingerprint density at radius 3 is 3.00 bits per heavy atom. The molecule has 0 spiro atoms. The summed E-state index contributed by atoms with van der Waals surface area (Å²) in [6.45, 7) is 11.1. The Morgan fingerprint density at radius 1 is 1.50 bits per heavy atom. The van der Waals surface area contributed by atoms with E-state index in [4.69, 9.17) is 0 Å². The fourth-order valence-electron chi connectivity index (χ4n) is 2.71. The summed E-state index contributed by atoms with van der Waals surface area (Å²) in [7, 11) is 0. The highest BCUT2D eigenvalue weighted by atomic mass is 79.9. The molecule has 1 atom stereocenters. The zero-order valence-electron chi connectivity index (χ0n) is 12.8. The van der Waals surface area contributed by atoms with Crippen molar-refractivity contribution in [2.75, 3.05) is 31.1 Å². The normalized spacial score (nSPS) is 19.6. The second-order valence-corrected chi connectivity index (χ2v) is 7.15. The van der Waals surface area contributed by atoms with Gasteiger partial charge < -0.3 is 10.2 Å². The van der Waals surface area contributed by atoms with Crippen LogP contribution in [0.2, 0.25) is 0 Å². The van der Waals surface area contributed by atoms with Gasteiger partial charge in [0.15, 0.2) is 0 Å². The predicted molar refractivity (Wildman–Crippen MR) is 89.3 cm³/mol. The van der Waals surface area contributed by atoms with E-state index in [9.17, 15) is 0 Å². The number of anilines is 1. The first kappa shape index (κ1) is 15.8. The molecule has 2 heterocycles. The second-order valence-electron chi connectivity index (χ2n) is 6.30. The van der Waals surface area contributed by atoms with Crippen LogP contribution in [0.1, 0.15) is 32.3 Å². The fourth-order valence-corrected chi connectivity index (χ4v) is 2.93. The average Bonchev–Trinajstić information content (AvgIpc) is 2.42. The highest BCUT2D eigenvalue weighted by Gasteiger charge is 2.20. The Hall–Kier alpha value is -0.610. The molecule has 1 aromatic rings. The van der Waals surface area contributed by atoms with Crippen LogP contribution in [0.15, 0.2) is 16.7 Å². The Morgan fingerprint density at radius 2 is 2.30 bits per heavy atom. The van der Waals surface area contributed by atoms with Gasteiger partial charge in [-0.15, -0.1) is 0 Å². The first-order valence-corrected chi connectivity index (χ1v) is 8.43. The Kier molecular flexibility index (Phi) is 5.85. The van der Waals surface area contributed by atoms with E-state index in [1.807, 2.05) is 6.20 Å². The molecule has 0 bridgehead atoms. The number of hydrogen-bond acceptors (Lipinski definition) is 3. The fraction of sp³-hybridized carbons (Fsp3) is 0.688. The van der Waals surface area contributed by atoms with Crippen molar-refractivity contribution in [3.8, 4) is 0 Å². The molecule has 1 saturated heterocycles. The van der Waals surface area contributed by atoms with Crippen molar-refractivity contribution in [2.45, 2.75) is 33.6 Å². The van der Waals surface area contributed by atoms with Crippen LogP contribution in [0.5, 0.6) is 0 Å². The van der Waals surface area contributed by atoms with E-state index in [0.717, 1.165) is 48.3 Å². The molecule has 0 amide bonds. The maximum atomic E-state index is 4.56. The third-order valence-electron chi connectivity index (χ3n) is 3.86. The molecule has 0 aromatic carbocycles. The van der Waals surface area contributed by atoms with Gasteiger partial charge >= 0.3 is 0 Å². The molecule has 4 heteroatoms. The zero-order valence-corrected chi connectivity index (χ0v) is 14.4. The summed E-state index contributed by atoms with van der Waals surface area (Å²) in [5.74, 6) is 2.60.